The summed E-state index contributed by atoms with van der Waals surface area (Å²) in [5, 5.41) is 23.3. The van der Waals surface area contributed by atoms with E-state index in [0.717, 1.165) is 120 Å². The largest absolute Gasteiger partial charge is 0.317 e. The summed E-state index contributed by atoms with van der Waals surface area (Å²) in [5.74, 6) is 0. The van der Waals surface area contributed by atoms with E-state index < -0.39 is 0 Å². The van der Waals surface area contributed by atoms with Crippen molar-refractivity contribution < 1.29 is 0 Å². The Hall–Kier alpha value is -10.6. The normalized spacial score (nSPS) is 12.0. The number of fused-ring (bicyclic) bond motifs is 16. The molecule has 0 bridgehead atoms. The molecule has 0 saturated carbocycles. The smallest absolute Gasteiger partial charge is 0.237 e. The third-order valence-corrected chi connectivity index (χ3v) is 15.7. The summed E-state index contributed by atoms with van der Waals surface area (Å²) in [4.78, 5) is 4.78. The summed E-state index contributed by atoms with van der Waals surface area (Å²) in [6.45, 7) is 9.80. The Bertz CT molecular complexity index is 4900. The van der Waals surface area contributed by atoms with Crippen LogP contribution >= 0.6 is 0 Å². The molecule has 0 unspecified atom stereocenters. The number of para-hydroxylation sites is 9. The predicted octanol–water partition coefficient (Wildman–Crippen LogP) is 17.6. The van der Waals surface area contributed by atoms with E-state index in [0.29, 0.717) is 28.3 Å². The molecule has 0 N–H and O–H groups in total. The molecule has 7 nitrogen and oxygen atoms in total. The van der Waals surface area contributed by atoms with Gasteiger partial charge >= 0.3 is 0 Å². The Morgan fingerprint density at radius 3 is 0.960 bits per heavy atom. The monoisotopic (exact) mass is 953 g/mol. The van der Waals surface area contributed by atoms with E-state index in [2.05, 4.69) is 265 Å². The molecule has 0 aliphatic heterocycles. The maximum absolute atomic E-state index is 12.6. The molecule has 0 spiro atoms. The minimum Gasteiger partial charge on any atom is -0.317 e. The molecule has 5 aromatic heterocycles. The second-order valence-electron chi connectivity index (χ2n) is 19.3. The molecule has 7 heteroatoms. The Morgan fingerprint density at radius 2 is 0.573 bits per heavy atom. The Morgan fingerprint density at radius 1 is 0.280 bits per heavy atom. The Labute approximate surface area is 428 Å². The predicted molar refractivity (Wildman–Crippen MR) is 309 cm³/mol. The van der Waals surface area contributed by atoms with Crippen LogP contribution in [-0.4, -0.2) is 22.8 Å². The van der Waals surface area contributed by atoms with Crippen LogP contribution in [0.25, 0.3) is 142 Å². The van der Waals surface area contributed by atoms with Crippen molar-refractivity contribution in [2.24, 2.45) is 0 Å². The standard InChI is InChI=1S/C68H39N7/c1-70-64-65(75-59-38-20-12-30-50(59)63-61(75)40-39-60-62(63)49-29-11-19-37-58(49)71(60)42-21-3-2-4-22-42)51(41-69)66(72-52-31-13-5-23-43(52)44-24-6-14-32-53(44)72)68(74-56-35-17-9-27-47(56)48-28-10-18-36-57(48)74)67(64)73-54-33-15-7-25-45(54)46-26-8-16-34-55(46)73/h2-40H. The van der Waals surface area contributed by atoms with Gasteiger partial charge < -0.3 is 22.8 Å². The zero-order valence-electron chi connectivity index (χ0n) is 40.1. The summed E-state index contributed by atoms with van der Waals surface area (Å²) < 4.78 is 11.5. The van der Waals surface area contributed by atoms with Crippen molar-refractivity contribution >= 4 is 115 Å². The van der Waals surface area contributed by atoms with Gasteiger partial charge in [0.25, 0.3) is 0 Å². The molecule has 346 valence electrons. The summed E-state index contributed by atoms with van der Waals surface area (Å²) in [5.41, 5.74) is 14.1. The number of hydrogen-bond acceptors (Lipinski definition) is 1. The van der Waals surface area contributed by atoms with Gasteiger partial charge in [-0.15, -0.1) is 0 Å². The number of nitriles is 1. The molecule has 16 aromatic rings. The second-order valence-corrected chi connectivity index (χ2v) is 19.3. The molecule has 5 heterocycles. The number of hydrogen-bond donors (Lipinski definition) is 0. The van der Waals surface area contributed by atoms with E-state index in [1.54, 1.807) is 0 Å². The maximum Gasteiger partial charge on any atom is 0.237 e. The summed E-state index contributed by atoms with van der Waals surface area (Å²) in [6.07, 6.45) is 0. The fourth-order valence-electron chi connectivity index (χ4n) is 12.9. The maximum atomic E-state index is 12.6. The molecule has 0 amide bonds. The molecule has 75 heavy (non-hydrogen) atoms. The van der Waals surface area contributed by atoms with E-state index in [1.165, 1.54) is 0 Å². The van der Waals surface area contributed by atoms with Crippen LogP contribution in [0.1, 0.15) is 5.56 Å². The third kappa shape index (κ3) is 5.40. The van der Waals surface area contributed by atoms with Gasteiger partial charge in [-0.1, -0.05) is 164 Å². The van der Waals surface area contributed by atoms with Crippen LogP contribution in [-0.2, 0) is 0 Å². The lowest BCUT2D eigenvalue weighted by atomic mass is 10.0. The van der Waals surface area contributed by atoms with Gasteiger partial charge in [-0.05, 0) is 72.8 Å². The fourth-order valence-corrected chi connectivity index (χ4v) is 12.9. The molecule has 0 radical (unpaired) electrons. The van der Waals surface area contributed by atoms with Crippen molar-refractivity contribution in [1.82, 2.24) is 22.8 Å². The summed E-state index contributed by atoms with van der Waals surface area (Å²) in [7, 11) is 0. The van der Waals surface area contributed by atoms with Crippen LogP contribution < -0.4 is 0 Å². The van der Waals surface area contributed by atoms with Crippen molar-refractivity contribution in [1.29, 1.82) is 5.26 Å². The van der Waals surface area contributed by atoms with Gasteiger partial charge in [0.1, 0.15) is 6.07 Å². The van der Waals surface area contributed by atoms with Gasteiger partial charge in [0, 0.05) is 59.5 Å². The lowest BCUT2D eigenvalue weighted by molar-refractivity contribution is 1.03. The molecule has 0 fully saturated rings. The van der Waals surface area contributed by atoms with Crippen molar-refractivity contribution in [3.05, 3.63) is 254 Å². The van der Waals surface area contributed by atoms with Crippen LogP contribution in [0, 0.1) is 17.9 Å². The number of aromatic nitrogens is 5. The molecular weight excluding hydrogens is 915 g/mol. The molecule has 0 aliphatic carbocycles. The fraction of sp³-hybridized carbons (Fsp3) is 0. The highest BCUT2D eigenvalue weighted by molar-refractivity contribution is 6.29. The summed E-state index contributed by atoms with van der Waals surface area (Å²) in [6, 6.07) is 86.1. The Kier molecular flexibility index (Phi) is 8.46. The minimum atomic E-state index is 0.355. The van der Waals surface area contributed by atoms with Gasteiger partial charge in [0.05, 0.1) is 90.1 Å². The first-order valence-electron chi connectivity index (χ1n) is 25.2. The van der Waals surface area contributed by atoms with Crippen molar-refractivity contribution in [2.75, 3.05) is 0 Å². The molecule has 11 aromatic carbocycles. The quantitative estimate of drug-likeness (QED) is 0.159. The van der Waals surface area contributed by atoms with E-state index >= 15 is 0 Å². The highest BCUT2D eigenvalue weighted by atomic mass is 15.1. The van der Waals surface area contributed by atoms with E-state index in [-0.39, 0.29) is 0 Å². The van der Waals surface area contributed by atoms with Crippen LogP contribution in [0.3, 0.4) is 0 Å². The minimum absolute atomic E-state index is 0.355. The first kappa shape index (κ1) is 41.1. The summed E-state index contributed by atoms with van der Waals surface area (Å²) >= 11 is 0. The van der Waals surface area contributed by atoms with Gasteiger partial charge in [-0.2, -0.15) is 5.26 Å². The SMILES string of the molecule is [C-]#[N+]c1c(-n2c3ccccc3c3ccccc32)c(-n2c3ccccc3c3ccccc32)c(-n2c3ccccc3c3ccccc32)c(C#N)c1-n1c2ccccc2c2c3c4ccccc4n(-c4ccccc4)c3ccc21. The van der Waals surface area contributed by atoms with Crippen molar-refractivity contribution in [2.45, 2.75) is 0 Å². The topological polar surface area (TPSA) is 52.8 Å². The average molecular weight is 954 g/mol. The number of rotatable bonds is 5. The lowest BCUT2D eigenvalue weighted by Gasteiger charge is -2.27. The van der Waals surface area contributed by atoms with Crippen LogP contribution in [0.2, 0.25) is 0 Å². The highest BCUT2D eigenvalue weighted by Crippen LogP contribution is 2.52. The molecular formula is C68H39N7. The van der Waals surface area contributed by atoms with Crippen LogP contribution in [0.5, 0.6) is 0 Å². The van der Waals surface area contributed by atoms with Crippen LogP contribution in [0.15, 0.2) is 237 Å². The zero-order valence-corrected chi connectivity index (χ0v) is 40.1. The highest BCUT2D eigenvalue weighted by Gasteiger charge is 2.35. The van der Waals surface area contributed by atoms with Gasteiger partial charge in [0.2, 0.25) is 5.69 Å². The molecule has 16 rings (SSSR count). The lowest BCUT2D eigenvalue weighted by Crippen LogP contribution is -2.14. The van der Waals surface area contributed by atoms with Gasteiger partial charge in [-0.3, -0.25) is 0 Å². The molecule has 0 aliphatic rings. The zero-order chi connectivity index (χ0) is 49.5. The first-order chi connectivity index (χ1) is 37.2. The van der Waals surface area contributed by atoms with Crippen LogP contribution in [0.4, 0.5) is 5.69 Å². The molecule has 0 atom stereocenters. The second kappa shape index (κ2) is 15.5. The molecule has 0 saturated heterocycles. The van der Waals surface area contributed by atoms with Crippen molar-refractivity contribution in [3.63, 3.8) is 0 Å². The van der Waals surface area contributed by atoms with E-state index in [4.69, 9.17) is 4.85 Å². The number of benzene rings is 11. The van der Waals surface area contributed by atoms with Crippen molar-refractivity contribution in [3.8, 4) is 34.5 Å². The number of nitrogens with zero attached hydrogens (tertiary/aromatic N) is 7. The Balaban J connectivity index is 1.21. The van der Waals surface area contributed by atoms with E-state index in [9.17, 15) is 11.8 Å². The third-order valence-electron chi connectivity index (χ3n) is 15.7. The van der Waals surface area contributed by atoms with Gasteiger partial charge in [0.15, 0.2) is 0 Å². The van der Waals surface area contributed by atoms with E-state index in [1.807, 2.05) is 0 Å². The first-order valence-corrected chi connectivity index (χ1v) is 25.2. The average Bonchev–Trinajstić information content (AvgIpc) is 4.29. The van der Waals surface area contributed by atoms with Gasteiger partial charge in [-0.25, -0.2) is 4.85 Å².